The summed E-state index contributed by atoms with van der Waals surface area (Å²) in [6.07, 6.45) is 4.16. The normalized spacial score (nSPS) is 15.1. The maximum atomic E-state index is 9.66. The first-order valence-electron chi connectivity index (χ1n) is 4.39. The molecule has 0 saturated carbocycles. The predicted molar refractivity (Wildman–Crippen MR) is 57.3 cm³/mol. The highest BCUT2D eigenvalue weighted by Gasteiger charge is 2.11. The van der Waals surface area contributed by atoms with Gasteiger partial charge in [-0.2, -0.15) is 0 Å². The molecule has 0 aromatic heterocycles. The summed E-state index contributed by atoms with van der Waals surface area (Å²) in [6.45, 7) is 2.09. The van der Waals surface area contributed by atoms with Crippen LogP contribution in [0.4, 0.5) is 0 Å². The van der Waals surface area contributed by atoms with Gasteiger partial charge in [-0.25, -0.2) is 0 Å². The van der Waals surface area contributed by atoms with E-state index in [1.807, 2.05) is 6.07 Å². The van der Waals surface area contributed by atoms with E-state index in [1.165, 1.54) is 11.1 Å². The van der Waals surface area contributed by atoms with Crippen LogP contribution in [-0.4, -0.2) is 5.11 Å². The van der Waals surface area contributed by atoms with Crippen LogP contribution in [0.15, 0.2) is 22.6 Å². The van der Waals surface area contributed by atoms with Gasteiger partial charge in [0, 0.05) is 10.5 Å². The molecule has 13 heavy (non-hydrogen) atoms. The second-order valence-electron chi connectivity index (χ2n) is 3.53. The molecule has 0 atom stereocenters. The maximum absolute atomic E-state index is 9.66. The van der Waals surface area contributed by atoms with Gasteiger partial charge in [0.2, 0.25) is 0 Å². The molecule has 1 aromatic rings. The molecule has 0 aliphatic heterocycles. The van der Waals surface area contributed by atoms with Gasteiger partial charge >= 0.3 is 0 Å². The lowest BCUT2D eigenvalue weighted by Gasteiger charge is -2.15. The van der Waals surface area contributed by atoms with Crippen molar-refractivity contribution in [2.24, 2.45) is 0 Å². The third-order valence-corrected chi connectivity index (χ3v) is 2.67. The van der Waals surface area contributed by atoms with E-state index in [1.54, 1.807) is 6.07 Å². The summed E-state index contributed by atoms with van der Waals surface area (Å²) in [4.78, 5) is 0.837. The zero-order valence-corrected chi connectivity index (χ0v) is 8.44. The van der Waals surface area contributed by atoms with Gasteiger partial charge in [0.15, 0.2) is 0 Å². The largest absolute Gasteiger partial charge is 0.507 e. The van der Waals surface area contributed by atoms with Gasteiger partial charge in [-0.15, -0.1) is 12.6 Å². The van der Waals surface area contributed by atoms with Crippen LogP contribution in [0.2, 0.25) is 0 Å². The molecular weight excluding hydrogens is 180 g/mol. The zero-order chi connectivity index (χ0) is 9.42. The second-order valence-corrected chi connectivity index (χ2v) is 4.04. The summed E-state index contributed by atoms with van der Waals surface area (Å²) in [5.74, 6) is 0.349. The molecule has 2 rings (SSSR count). The Balaban J connectivity index is 2.61. The van der Waals surface area contributed by atoms with E-state index in [2.05, 4.69) is 25.6 Å². The van der Waals surface area contributed by atoms with Crippen molar-refractivity contribution in [3.63, 3.8) is 0 Å². The molecule has 1 aliphatic carbocycles. The Morgan fingerprint density at radius 1 is 1.31 bits per heavy atom. The molecule has 0 unspecified atom stereocenters. The van der Waals surface area contributed by atoms with Crippen molar-refractivity contribution in [3.05, 3.63) is 28.8 Å². The predicted octanol–water partition coefficient (Wildman–Crippen LogP) is 3.03. The fraction of sp³-hybridized carbons (Fsp3) is 0.273. The fourth-order valence-corrected chi connectivity index (χ4v) is 1.98. The first-order chi connectivity index (χ1) is 6.16. The molecule has 1 nitrogen and oxygen atoms in total. The third kappa shape index (κ3) is 1.59. The zero-order valence-electron chi connectivity index (χ0n) is 7.54. The SMILES string of the molecule is CC1=Cc2c(O)cc(S)cc2CC1. The molecule has 2 heteroatoms. The van der Waals surface area contributed by atoms with Gasteiger partial charge in [-0.3, -0.25) is 0 Å². The Hall–Kier alpha value is -0.890. The maximum Gasteiger partial charge on any atom is 0.124 e. The van der Waals surface area contributed by atoms with Gasteiger partial charge in [0.05, 0.1) is 0 Å². The highest BCUT2D eigenvalue weighted by molar-refractivity contribution is 7.80. The van der Waals surface area contributed by atoms with Crippen LogP contribution in [0.1, 0.15) is 24.5 Å². The number of allylic oxidation sites excluding steroid dienone is 1. The van der Waals surface area contributed by atoms with Crippen molar-refractivity contribution in [3.8, 4) is 5.75 Å². The fourth-order valence-electron chi connectivity index (χ4n) is 1.70. The highest BCUT2D eigenvalue weighted by atomic mass is 32.1. The molecule has 0 amide bonds. The smallest absolute Gasteiger partial charge is 0.124 e. The number of hydrogen-bond donors (Lipinski definition) is 2. The summed E-state index contributed by atoms with van der Waals surface area (Å²) in [5.41, 5.74) is 3.51. The van der Waals surface area contributed by atoms with E-state index >= 15 is 0 Å². The van der Waals surface area contributed by atoms with Crippen LogP contribution in [0, 0.1) is 0 Å². The number of fused-ring (bicyclic) bond motifs is 1. The molecule has 0 radical (unpaired) electrons. The molecule has 1 N–H and O–H groups in total. The van der Waals surface area contributed by atoms with E-state index in [0.717, 1.165) is 23.3 Å². The third-order valence-electron chi connectivity index (χ3n) is 2.41. The summed E-state index contributed by atoms with van der Waals surface area (Å²) in [6, 6.07) is 3.72. The quantitative estimate of drug-likeness (QED) is 0.605. The Kier molecular flexibility index (Phi) is 2.08. The van der Waals surface area contributed by atoms with Crippen LogP contribution in [0.3, 0.4) is 0 Å². The number of aryl methyl sites for hydroxylation is 1. The van der Waals surface area contributed by atoms with Crippen LogP contribution in [0.25, 0.3) is 6.08 Å². The minimum atomic E-state index is 0.349. The molecule has 68 valence electrons. The van der Waals surface area contributed by atoms with Gasteiger partial charge in [-0.05, 0) is 37.5 Å². The second kappa shape index (κ2) is 3.11. The van der Waals surface area contributed by atoms with Crippen molar-refractivity contribution in [1.82, 2.24) is 0 Å². The minimum absolute atomic E-state index is 0.349. The molecule has 0 spiro atoms. The minimum Gasteiger partial charge on any atom is -0.507 e. The topological polar surface area (TPSA) is 20.2 Å². The van der Waals surface area contributed by atoms with E-state index in [-0.39, 0.29) is 0 Å². The summed E-state index contributed by atoms with van der Waals surface area (Å²) in [5, 5.41) is 9.66. The number of aromatic hydroxyl groups is 1. The number of thiol groups is 1. The summed E-state index contributed by atoms with van der Waals surface area (Å²) < 4.78 is 0. The summed E-state index contributed by atoms with van der Waals surface area (Å²) >= 11 is 4.23. The average molecular weight is 192 g/mol. The number of benzene rings is 1. The Labute approximate surface area is 83.5 Å². The lowest BCUT2D eigenvalue weighted by molar-refractivity contribution is 0.471. The number of phenolic OH excluding ortho intramolecular Hbond substituents is 1. The van der Waals surface area contributed by atoms with Crippen molar-refractivity contribution in [2.45, 2.75) is 24.7 Å². The molecule has 1 aliphatic rings. The van der Waals surface area contributed by atoms with Gasteiger partial charge < -0.3 is 5.11 Å². The average Bonchev–Trinajstić information content (AvgIpc) is 2.06. The molecule has 0 heterocycles. The van der Waals surface area contributed by atoms with Crippen molar-refractivity contribution < 1.29 is 5.11 Å². The lowest BCUT2D eigenvalue weighted by Crippen LogP contribution is -1.97. The Bertz CT molecular complexity index is 380. The number of rotatable bonds is 0. The molecule has 1 aromatic carbocycles. The van der Waals surface area contributed by atoms with Crippen molar-refractivity contribution in [1.29, 1.82) is 0 Å². The van der Waals surface area contributed by atoms with E-state index in [0.29, 0.717) is 5.75 Å². The number of phenols is 1. The first kappa shape index (κ1) is 8.70. The monoisotopic (exact) mass is 192 g/mol. The van der Waals surface area contributed by atoms with E-state index < -0.39 is 0 Å². The van der Waals surface area contributed by atoms with Gasteiger partial charge in [-0.1, -0.05) is 11.6 Å². The van der Waals surface area contributed by atoms with Crippen LogP contribution in [-0.2, 0) is 6.42 Å². The molecule has 0 saturated heterocycles. The highest BCUT2D eigenvalue weighted by Crippen LogP contribution is 2.32. The van der Waals surface area contributed by atoms with Gasteiger partial charge in [0.25, 0.3) is 0 Å². The van der Waals surface area contributed by atoms with Crippen LogP contribution >= 0.6 is 12.6 Å². The Morgan fingerprint density at radius 2 is 2.08 bits per heavy atom. The van der Waals surface area contributed by atoms with E-state index in [4.69, 9.17) is 0 Å². The summed E-state index contributed by atoms with van der Waals surface area (Å²) in [7, 11) is 0. The lowest BCUT2D eigenvalue weighted by atomic mass is 9.92. The molecule has 0 fully saturated rings. The van der Waals surface area contributed by atoms with Gasteiger partial charge in [0.1, 0.15) is 5.75 Å². The van der Waals surface area contributed by atoms with Crippen molar-refractivity contribution >= 4 is 18.7 Å². The van der Waals surface area contributed by atoms with Crippen LogP contribution < -0.4 is 0 Å². The molecular formula is C11H12OS. The standard InChI is InChI=1S/C11H12OS/c1-7-2-3-8-5-9(13)6-11(12)10(8)4-7/h4-6,12-13H,2-3H2,1H3. The van der Waals surface area contributed by atoms with E-state index in [9.17, 15) is 5.11 Å². The van der Waals surface area contributed by atoms with Crippen LogP contribution in [0.5, 0.6) is 5.75 Å². The Morgan fingerprint density at radius 3 is 2.85 bits per heavy atom. The number of hydrogen-bond acceptors (Lipinski definition) is 2. The first-order valence-corrected chi connectivity index (χ1v) is 4.83. The molecule has 0 bridgehead atoms. The van der Waals surface area contributed by atoms with Crippen molar-refractivity contribution in [2.75, 3.05) is 0 Å².